The van der Waals surface area contributed by atoms with Crippen LogP contribution in [-0.2, 0) is 9.53 Å². The number of hydrogen-bond acceptors (Lipinski definition) is 7. The summed E-state index contributed by atoms with van der Waals surface area (Å²) in [6.45, 7) is 1.84. The zero-order valence-electron chi connectivity index (χ0n) is 12.4. The van der Waals surface area contributed by atoms with Crippen LogP contribution >= 0.6 is 0 Å². The first-order valence-corrected chi connectivity index (χ1v) is 7.31. The first-order valence-electron chi connectivity index (χ1n) is 7.31. The molecule has 1 aromatic carbocycles. The van der Waals surface area contributed by atoms with Crippen molar-refractivity contribution in [2.24, 2.45) is 0 Å². The SMILES string of the molecule is COC(=O)C(NC1CCNCC1)Oc1cccc2ncoc12. The lowest BCUT2D eigenvalue weighted by molar-refractivity contribution is -0.151. The summed E-state index contributed by atoms with van der Waals surface area (Å²) >= 11 is 0. The molecule has 0 aliphatic carbocycles. The average Bonchev–Trinajstić information content (AvgIpc) is 3.04. The monoisotopic (exact) mass is 305 g/mol. The molecule has 118 valence electrons. The van der Waals surface area contributed by atoms with Crippen LogP contribution in [0.15, 0.2) is 29.0 Å². The van der Waals surface area contributed by atoms with Crippen molar-refractivity contribution in [3.05, 3.63) is 24.6 Å². The number of carbonyl (C=O) groups is 1. The normalized spacial score (nSPS) is 17.3. The van der Waals surface area contributed by atoms with Crippen molar-refractivity contribution in [3.8, 4) is 5.75 Å². The molecule has 2 aromatic rings. The van der Waals surface area contributed by atoms with E-state index in [4.69, 9.17) is 13.9 Å². The second-order valence-electron chi connectivity index (χ2n) is 5.17. The summed E-state index contributed by atoms with van der Waals surface area (Å²) in [5.74, 6) is 0.00175. The molecule has 1 saturated heterocycles. The summed E-state index contributed by atoms with van der Waals surface area (Å²) < 4.78 is 16.0. The molecule has 3 rings (SSSR count). The minimum absolute atomic E-state index is 0.208. The highest BCUT2D eigenvalue weighted by Gasteiger charge is 2.26. The van der Waals surface area contributed by atoms with Crippen LogP contribution in [0.4, 0.5) is 0 Å². The molecule has 1 aliphatic rings. The molecule has 1 aliphatic heterocycles. The van der Waals surface area contributed by atoms with Crippen LogP contribution in [0.3, 0.4) is 0 Å². The zero-order chi connectivity index (χ0) is 15.4. The number of nitrogens with zero attached hydrogens (tertiary/aromatic N) is 1. The lowest BCUT2D eigenvalue weighted by Crippen LogP contribution is -2.50. The minimum atomic E-state index is -0.871. The Morgan fingerprint density at radius 2 is 2.27 bits per heavy atom. The fourth-order valence-electron chi connectivity index (χ4n) is 2.54. The van der Waals surface area contributed by atoms with Crippen LogP contribution in [0.25, 0.3) is 11.1 Å². The van der Waals surface area contributed by atoms with Crippen LogP contribution in [0, 0.1) is 0 Å². The smallest absolute Gasteiger partial charge is 0.362 e. The van der Waals surface area contributed by atoms with Gasteiger partial charge in [0.2, 0.25) is 6.23 Å². The van der Waals surface area contributed by atoms with Crippen molar-refractivity contribution in [3.63, 3.8) is 0 Å². The van der Waals surface area contributed by atoms with Gasteiger partial charge in [-0.15, -0.1) is 0 Å². The molecule has 1 atom stereocenters. The number of fused-ring (bicyclic) bond motifs is 1. The second kappa shape index (κ2) is 6.76. The zero-order valence-corrected chi connectivity index (χ0v) is 12.4. The Morgan fingerprint density at radius 1 is 1.45 bits per heavy atom. The third-order valence-corrected chi connectivity index (χ3v) is 3.71. The maximum Gasteiger partial charge on any atom is 0.362 e. The number of methoxy groups -OCH3 is 1. The molecule has 1 unspecified atom stereocenters. The first kappa shape index (κ1) is 14.8. The Balaban J connectivity index is 1.77. The van der Waals surface area contributed by atoms with Crippen molar-refractivity contribution >= 4 is 17.1 Å². The van der Waals surface area contributed by atoms with Crippen molar-refractivity contribution in [1.82, 2.24) is 15.6 Å². The van der Waals surface area contributed by atoms with E-state index in [1.54, 1.807) is 12.1 Å². The predicted octanol–water partition coefficient (Wildman–Crippen LogP) is 1.05. The standard InChI is InChI=1S/C15H19N3O4/c1-20-15(19)14(18-10-5-7-16-8-6-10)22-12-4-2-3-11-13(12)21-9-17-11/h2-4,9-10,14,16,18H,5-8H2,1H3. The molecule has 2 heterocycles. The number of hydrogen-bond donors (Lipinski definition) is 2. The molecule has 0 amide bonds. The summed E-state index contributed by atoms with van der Waals surface area (Å²) in [6, 6.07) is 5.57. The molecule has 0 spiro atoms. The number of nitrogens with one attached hydrogen (secondary N) is 2. The number of aromatic nitrogens is 1. The van der Waals surface area contributed by atoms with Gasteiger partial charge in [-0.05, 0) is 38.1 Å². The molecular formula is C15H19N3O4. The number of carbonyl (C=O) groups excluding carboxylic acids is 1. The fraction of sp³-hybridized carbons (Fsp3) is 0.467. The van der Waals surface area contributed by atoms with E-state index < -0.39 is 12.2 Å². The highest BCUT2D eigenvalue weighted by molar-refractivity contribution is 5.80. The Kier molecular flexibility index (Phi) is 4.55. The summed E-state index contributed by atoms with van der Waals surface area (Å²) in [7, 11) is 1.35. The van der Waals surface area contributed by atoms with Crippen LogP contribution < -0.4 is 15.4 Å². The molecule has 7 nitrogen and oxygen atoms in total. The van der Waals surface area contributed by atoms with E-state index in [9.17, 15) is 4.79 Å². The van der Waals surface area contributed by atoms with Gasteiger partial charge in [0.25, 0.3) is 0 Å². The molecule has 7 heteroatoms. The first-order chi connectivity index (χ1) is 10.8. The number of esters is 1. The van der Waals surface area contributed by atoms with Gasteiger partial charge in [0.05, 0.1) is 7.11 Å². The van der Waals surface area contributed by atoms with E-state index in [-0.39, 0.29) is 6.04 Å². The Bertz CT molecular complexity index is 637. The van der Waals surface area contributed by atoms with Crippen LogP contribution in [0.2, 0.25) is 0 Å². The third kappa shape index (κ3) is 3.20. The topological polar surface area (TPSA) is 85.6 Å². The fourth-order valence-corrected chi connectivity index (χ4v) is 2.54. The molecule has 1 aromatic heterocycles. The van der Waals surface area contributed by atoms with Crippen molar-refractivity contribution in [1.29, 1.82) is 0 Å². The third-order valence-electron chi connectivity index (χ3n) is 3.71. The molecule has 22 heavy (non-hydrogen) atoms. The molecule has 0 saturated carbocycles. The van der Waals surface area contributed by atoms with Gasteiger partial charge >= 0.3 is 5.97 Å². The van der Waals surface area contributed by atoms with E-state index in [0.29, 0.717) is 16.8 Å². The minimum Gasteiger partial charge on any atom is -0.465 e. The van der Waals surface area contributed by atoms with Crippen LogP contribution in [0.5, 0.6) is 5.75 Å². The van der Waals surface area contributed by atoms with E-state index in [1.165, 1.54) is 13.5 Å². The van der Waals surface area contributed by atoms with Crippen LogP contribution in [0.1, 0.15) is 12.8 Å². The maximum atomic E-state index is 12.0. The second-order valence-corrected chi connectivity index (χ2v) is 5.17. The van der Waals surface area contributed by atoms with Gasteiger partial charge in [-0.1, -0.05) is 6.07 Å². The molecule has 0 bridgehead atoms. The number of benzene rings is 1. The lowest BCUT2D eigenvalue weighted by atomic mass is 10.1. The Hall–Kier alpha value is -2.12. The molecular weight excluding hydrogens is 286 g/mol. The van der Waals surface area contributed by atoms with Gasteiger partial charge in [0.1, 0.15) is 5.52 Å². The van der Waals surface area contributed by atoms with E-state index in [1.807, 2.05) is 6.07 Å². The average molecular weight is 305 g/mol. The highest BCUT2D eigenvalue weighted by atomic mass is 16.6. The summed E-state index contributed by atoms with van der Waals surface area (Å²) in [6.07, 6.45) is 2.35. The summed E-state index contributed by atoms with van der Waals surface area (Å²) in [4.78, 5) is 16.1. The van der Waals surface area contributed by atoms with Gasteiger partial charge in [0, 0.05) is 6.04 Å². The van der Waals surface area contributed by atoms with Gasteiger partial charge in [-0.25, -0.2) is 9.78 Å². The van der Waals surface area contributed by atoms with Gasteiger partial charge < -0.3 is 19.2 Å². The number of rotatable bonds is 5. The van der Waals surface area contributed by atoms with E-state index in [0.717, 1.165) is 25.9 Å². The van der Waals surface area contributed by atoms with Crippen molar-refractivity contribution in [2.75, 3.05) is 20.2 Å². The van der Waals surface area contributed by atoms with Gasteiger partial charge in [-0.3, -0.25) is 5.32 Å². The summed E-state index contributed by atoms with van der Waals surface area (Å²) in [5.41, 5.74) is 1.20. The van der Waals surface area contributed by atoms with Gasteiger partial charge in [0.15, 0.2) is 17.7 Å². The lowest BCUT2D eigenvalue weighted by Gasteiger charge is -2.27. The van der Waals surface area contributed by atoms with Crippen molar-refractivity contribution in [2.45, 2.75) is 25.1 Å². The van der Waals surface area contributed by atoms with Crippen molar-refractivity contribution < 1.29 is 18.7 Å². The molecule has 0 radical (unpaired) electrons. The highest BCUT2D eigenvalue weighted by Crippen LogP contribution is 2.25. The number of oxazole rings is 1. The quantitative estimate of drug-likeness (QED) is 0.630. The Morgan fingerprint density at radius 3 is 3.05 bits per heavy atom. The number of para-hydroxylation sites is 1. The summed E-state index contributed by atoms with van der Waals surface area (Å²) in [5, 5.41) is 6.49. The van der Waals surface area contributed by atoms with Crippen LogP contribution in [-0.4, -0.2) is 43.4 Å². The molecule has 2 N–H and O–H groups in total. The number of piperidine rings is 1. The largest absolute Gasteiger partial charge is 0.465 e. The van der Waals surface area contributed by atoms with E-state index >= 15 is 0 Å². The number of ether oxygens (including phenoxy) is 2. The Labute approximate surface area is 128 Å². The predicted molar refractivity (Wildman–Crippen MR) is 79.5 cm³/mol. The maximum absolute atomic E-state index is 12.0. The van der Waals surface area contributed by atoms with Gasteiger partial charge in [-0.2, -0.15) is 0 Å². The van der Waals surface area contributed by atoms with E-state index in [2.05, 4.69) is 15.6 Å². The molecule has 1 fully saturated rings.